The fraction of sp³-hybridized carbons (Fsp3) is 0.105. The lowest BCUT2D eigenvalue weighted by Gasteiger charge is -2.27. The van der Waals surface area contributed by atoms with Gasteiger partial charge in [0.05, 0.1) is 0 Å². The number of thiocarbonyl (C=S) groups is 1. The van der Waals surface area contributed by atoms with Gasteiger partial charge in [-0.05, 0) is 49.0 Å². The Morgan fingerprint density at radius 3 is 2.48 bits per heavy atom. The van der Waals surface area contributed by atoms with Crippen molar-refractivity contribution < 1.29 is 9.59 Å². The maximum Gasteiger partial charge on any atom is 0.265 e. The van der Waals surface area contributed by atoms with Gasteiger partial charge in [0.25, 0.3) is 11.8 Å². The molecule has 1 heterocycles. The molecular weight excluding hydrogens is 352 g/mol. The highest BCUT2D eigenvalue weighted by Gasteiger charge is 2.32. The number of hydrogen-bond donors (Lipinski definition) is 1. The maximum atomic E-state index is 12.6. The van der Waals surface area contributed by atoms with E-state index in [1.165, 1.54) is 4.90 Å². The lowest BCUT2D eigenvalue weighted by molar-refractivity contribution is -0.128. The zero-order valence-corrected chi connectivity index (χ0v) is 15.2. The van der Waals surface area contributed by atoms with Gasteiger partial charge < -0.3 is 0 Å². The van der Waals surface area contributed by atoms with E-state index in [1.807, 2.05) is 61.5 Å². The second kappa shape index (κ2) is 7.63. The summed E-state index contributed by atoms with van der Waals surface area (Å²) in [5, 5.41) is 2.73. The fourth-order valence-electron chi connectivity index (χ4n) is 2.44. The van der Waals surface area contributed by atoms with Crippen molar-refractivity contribution in [3.63, 3.8) is 0 Å². The summed E-state index contributed by atoms with van der Waals surface area (Å²) >= 11 is 6.64. The summed E-state index contributed by atoms with van der Waals surface area (Å²) in [4.78, 5) is 28.2. The van der Waals surface area contributed by atoms with Gasteiger partial charge in [0, 0.05) is 16.3 Å². The summed E-state index contributed by atoms with van der Waals surface area (Å²) in [6.07, 6.45) is 1.63. The molecule has 0 bridgehead atoms. The molecule has 0 spiro atoms. The molecular formula is C19H16N2O2S2. The van der Waals surface area contributed by atoms with Crippen LogP contribution in [-0.4, -0.2) is 28.4 Å². The molecule has 126 valence electrons. The van der Waals surface area contributed by atoms with E-state index in [-0.39, 0.29) is 16.6 Å². The molecule has 0 aromatic heterocycles. The number of rotatable bonds is 4. The lowest BCUT2D eigenvalue weighted by Crippen LogP contribution is -2.53. The van der Waals surface area contributed by atoms with Crippen LogP contribution in [0.5, 0.6) is 0 Å². The third-order valence-electron chi connectivity index (χ3n) is 3.69. The highest BCUT2D eigenvalue weighted by molar-refractivity contribution is 7.99. The normalized spacial score (nSPS) is 16.3. The summed E-state index contributed by atoms with van der Waals surface area (Å²) < 4.78 is 0. The second-order valence-corrected chi connectivity index (χ2v) is 6.82. The third kappa shape index (κ3) is 3.81. The molecule has 6 heteroatoms. The summed E-state index contributed by atoms with van der Waals surface area (Å²) in [5.74, 6) is -0.824. The zero-order chi connectivity index (χ0) is 17.8. The Balaban J connectivity index is 1.97. The van der Waals surface area contributed by atoms with Crippen molar-refractivity contribution >= 4 is 47.0 Å². The highest BCUT2D eigenvalue weighted by Crippen LogP contribution is 2.31. The SMILES string of the molecule is CCN1C(=O)/C(=C\c2ccccc2Sc2ccccc2)C(=O)NC1=S. The largest absolute Gasteiger partial charge is 0.298 e. The van der Waals surface area contributed by atoms with Crippen LogP contribution >= 0.6 is 24.0 Å². The van der Waals surface area contributed by atoms with Crippen LogP contribution in [0.4, 0.5) is 0 Å². The Morgan fingerprint density at radius 2 is 1.76 bits per heavy atom. The minimum atomic E-state index is -0.459. The number of benzene rings is 2. The summed E-state index contributed by atoms with van der Waals surface area (Å²) in [5.41, 5.74) is 0.912. The quantitative estimate of drug-likeness (QED) is 0.510. The number of likely N-dealkylation sites (N-methyl/N-ethyl adjacent to an activating group) is 1. The standard InChI is InChI=1S/C19H16N2O2S2/c1-2-21-18(23)15(17(22)20-19(21)24)12-13-8-6-7-11-16(13)25-14-9-4-3-5-10-14/h3-12H,2H2,1H3,(H,20,22,24)/b15-12-. The van der Waals surface area contributed by atoms with E-state index >= 15 is 0 Å². The van der Waals surface area contributed by atoms with Gasteiger partial charge in [0.15, 0.2) is 5.11 Å². The fourth-order valence-corrected chi connectivity index (χ4v) is 3.69. The molecule has 2 amide bonds. The molecule has 1 aliphatic heterocycles. The predicted molar refractivity (Wildman–Crippen MR) is 103 cm³/mol. The van der Waals surface area contributed by atoms with Gasteiger partial charge in [-0.15, -0.1) is 0 Å². The number of carbonyl (C=O) groups is 2. The van der Waals surface area contributed by atoms with E-state index < -0.39 is 5.91 Å². The number of carbonyl (C=O) groups excluding carboxylic acids is 2. The van der Waals surface area contributed by atoms with Crippen LogP contribution in [-0.2, 0) is 9.59 Å². The monoisotopic (exact) mass is 368 g/mol. The lowest BCUT2D eigenvalue weighted by atomic mass is 10.1. The van der Waals surface area contributed by atoms with Crippen molar-refractivity contribution in [2.24, 2.45) is 0 Å². The van der Waals surface area contributed by atoms with Crippen molar-refractivity contribution in [3.05, 3.63) is 65.7 Å². The molecule has 0 radical (unpaired) electrons. The van der Waals surface area contributed by atoms with Crippen molar-refractivity contribution in [3.8, 4) is 0 Å². The van der Waals surface area contributed by atoms with Gasteiger partial charge in [-0.1, -0.05) is 48.2 Å². The minimum absolute atomic E-state index is 0.0940. The van der Waals surface area contributed by atoms with Gasteiger partial charge in [-0.3, -0.25) is 19.8 Å². The van der Waals surface area contributed by atoms with E-state index in [0.717, 1.165) is 15.4 Å². The first-order valence-electron chi connectivity index (χ1n) is 7.81. The first kappa shape index (κ1) is 17.4. The summed E-state index contributed by atoms with van der Waals surface area (Å²) in [6, 6.07) is 17.6. The Morgan fingerprint density at radius 1 is 1.08 bits per heavy atom. The molecule has 0 aliphatic carbocycles. The van der Waals surface area contributed by atoms with E-state index in [1.54, 1.807) is 17.8 Å². The summed E-state index contributed by atoms with van der Waals surface area (Å²) in [6.45, 7) is 2.23. The number of hydrogen-bond acceptors (Lipinski definition) is 4. The molecule has 1 aliphatic rings. The van der Waals surface area contributed by atoms with E-state index in [0.29, 0.717) is 6.54 Å². The van der Waals surface area contributed by atoms with Crippen LogP contribution in [0.2, 0.25) is 0 Å². The highest BCUT2D eigenvalue weighted by atomic mass is 32.2. The van der Waals surface area contributed by atoms with Crippen LogP contribution < -0.4 is 5.32 Å². The molecule has 3 rings (SSSR count). The second-order valence-electron chi connectivity index (χ2n) is 5.32. The molecule has 1 fully saturated rings. The van der Waals surface area contributed by atoms with Gasteiger partial charge in [0.2, 0.25) is 0 Å². The first-order chi connectivity index (χ1) is 12.1. The van der Waals surface area contributed by atoms with Crippen molar-refractivity contribution in [2.75, 3.05) is 6.54 Å². The molecule has 1 saturated heterocycles. The molecule has 2 aromatic rings. The zero-order valence-electron chi connectivity index (χ0n) is 13.6. The minimum Gasteiger partial charge on any atom is -0.298 e. The summed E-state index contributed by atoms with van der Waals surface area (Å²) in [7, 11) is 0. The molecule has 25 heavy (non-hydrogen) atoms. The first-order valence-corrected chi connectivity index (χ1v) is 9.03. The van der Waals surface area contributed by atoms with Crippen molar-refractivity contribution in [1.29, 1.82) is 0 Å². The number of amides is 2. The van der Waals surface area contributed by atoms with E-state index in [2.05, 4.69) is 5.32 Å². The molecule has 1 N–H and O–H groups in total. The Kier molecular flexibility index (Phi) is 5.31. The predicted octanol–water partition coefficient (Wildman–Crippen LogP) is 3.48. The average molecular weight is 368 g/mol. The third-order valence-corrected chi connectivity index (χ3v) is 5.11. The van der Waals surface area contributed by atoms with Crippen LogP contribution in [0.1, 0.15) is 12.5 Å². The molecule has 0 saturated carbocycles. The van der Waals surface area contributed by atoms with Crippen LogP contribution in [0, 0.1) is 0 Å². The molecule has 0 unspecified atom stereocenters. The number of nitrogens with one attached hydrogen (secondary N) is 1. The van der Waals surface area contributed by atoms with Crippen molar-refractivity contribution in [1.82, 2.24) is 10.2 Å². The Bertz CT molecular complexity index is 863. The molecule has 4 nitrogen and oxygen atoms in total. The van der Waals surface area contributed by atoms with E-state index in [4.69, 9.17) is 12.2 Å². The topological polar surface area (TPSA) is 49.4 Å². The van der Waals surface area contributed by atoms with Gasteiger partial charge in [-0.2, -0.15) is 0 Å². The van der Waals surface area contributed by atoms with Crippen molar-refractivity contribution in [2.45, 2.75) is 16.7 Å². The van der Waals surface area contributed by atoms with Gasteiger partial charge in [-0.25, -0.2) is 0 Å². The van der Waals surface area contributed by atoms with Crippen LogP contribution in [0.3, 0.4) is 0 Å². The van der Waals surface area contributed by atoms with Crippen LogP contribution in [0.15, 0.2) is 70.0 Å². The van der Waals surface area contributed by atoms with Gasteiger partial charge in [0.1, 0.15) is 5.57 Å². The van der Waals surface area contributed by atoms with Gasteiger partial charge >= 0.3 is 0 Å². The number of nitrogens with zero attached hydrogens (tertiary/aromatic N) is 1. The molecule has 0 atom stereocenters. The van der Waals surface area contributed by atoms with Crippen LogP contribution in [0.25, 0.3) is 6.08 Å². The van der Waals surface area contributed by atoms with E-state index in [9.17, 15) is 9.59 Å². The average Bonchev–Trinajstić information content (AvgIpc) is 2.61. The maximum absolute atomic E-state index is 12.6. The molecule has 2 aromatic carbocycles. The Hall–Kier alpha value is -2.44. The smallest absolute Gasteiger partial charge is 0.265 e. The Labute approximate surface area is 155 Å².